The van der Waals surface area contributed by atoms with Crippen molar-refractivity contribution in [2.75, 3.05) is 0 Å². The number of nitrogens with zero attached hydrogens (tertiary/aromatic N) is 1. The summed E-state index contributed by atoms with van der Waals surface area (Å²) in [6, 6.07) is 4.80. The number of Topliss-reactive ketones (excluding diaryl/α,β-unsaturated/α-hetero) is 1. The fourth-order valence-corrected chi connectivity index (χ4v) is 2.86. The van der Waals surface area contributed by atoms with Gasteiger partial charge in [-0.05, 0) is 31.0 Å². The summed E-state index contributed by atoms with van der Waals surface area (Å²) in [5, 5.41) is 8.74. The van der Waals surface area contributed by atoms with Gasteiger partial charge in [0.15, 0.2) is 0 Å². The second-order valence-corrected chi connectivity index (χ2v) is 5.32. The molecule has 2 N–H and O–H groups in total. The Bertz CT molecular complexity index is 669. The third-order valence-electron chi connectivity index (χ3n) is 3.95. The summed E-state index contributed by atoms with van der Waals surface area (Å²) >= 11 is 0. The molecule has 0 atom stereocenters. The van der Waals surface area contributed by atoms with Gasteiger partial charge in [-0.2, -0.15) is 0 Å². The number of aromatic amines is 1. The first-order valence-electron chi connectivity index (χ1n) is 6.92. The lowest BCUT2D eigenvalue weighted by Crippen LogP contribution is -2.12. The Hall–Kier alpha value is -2.17. The highest BCUT2D eigenvalue weighted by Crippen LogP contribution is 2.32. The van der Waals surface area contributed by atoms with E-state index in [1.54, 1.807) is 12.1 Å². The van der Waals surface area contributed by atoms with Crippen LogP contribution in [0, 0.1) is 0 Å². The first kappa shape index (κ1) is 12.8. The fraction of sp³-hybridized carbons (Fsp3) is 0.400. The number of carbonyl (C=O) groups is 2. The summed E-state index contributed by atoms with van der Waals surface area (Å²) in [6.45, 7) is 0. The van der Waals surface area contributed by atoms with E-state index in [0.717, 1.165) is 29.7 Å². The highest BCUT2D eigenvalue weighted by Gasteiger charge is 2.20. The normalized spacial score (nSPS) is 16.4. The lowest BCUT2D eigenvalue weighted by molar-refractivity contribution is -0.131. The minimum absolute atomic E-state index is 0.184. The molecule has 104 valence electrons. The van der Waals surface area contributed by atoms with E-state index in [1.807, 2.05) is 0 Å². The predicted molar refractivity (Wildman–Crippen MR) is 73.9 cm³/mol. The van der Waals surface area contributed by atoms with Crippen LogP contribution in [0.2, 0.25) is 0 Å². The van der Waals surface area contributed by atoms with Crippen molar-refractivity contribution in [3.05, 3.63) is 29.6 Å². The largest absolute Gasteiger partial charge is 0.475 e. The number of aromatic nitrogens is 2. The monoisotopic (exact) mass is 272 g/mol. The number of aliphatic carboxylic acids is 1. The Morgan fingerprint density at radius 3 is 2.65 bits per heavy atom. The number of fused-ring (bicyclic) bond motifs is 1. The quantitative estimate of drug-likeness (QED) is 0.664. The minimum atomic E-state index is -1.43. The first-order valence-corrected chi connectivity index (χ1v) is 6.92. The van der Waals surface area contributed by atoms with Gasteiger partial charge in [0, 0.05) is 11.5 Å². The maximum absolute atomic E-state index is 11.5. The molecule has 0 unspecified atom stereocenters. The molecule has 1 aromatic carbocycles. The number of carboxylic acids is 1. The molecule has 0 amide bonds. The number of H-pyrrole nitrogens is 1. The summed E-state index contributed by atoms with van der Waals surface area (Å²) in [5.74, 6) is -0.911. The van der Waals surface area contributed by atoms with Crippen LogP contribution in [-0.2, 0) is 4.79 Å². The standard InChI is InChI=1S/C15H16N2O3/c18-13(15(19)20)10-6-7-11-12(8-10)17-14(16-11)9-4-2-1-3-5-9/h6-9H,1-5H2,(H,16,17)(H,19,20). The molecule has 20 heavy (non-hydrogen) atoms. The molecule has 0 bridgehead atoms. The zero-order valence-corrected chi connectivity index (χ0v) is 11.1. The Balaban J connectivity index is 1.94. The molecule has 1 heterocycles. The van der Waals surface area contributed by atoms with Crippen molar-refractivity contribution in [2.24, 2.45) is 0 Å². The average molecular weight is 272 g/mol. The van der Waals surface area contributed by atoms with Crippen LogP contribution in [0.15, 0.2) is 18.2 Å². The predicted octanol–water partition coefficient (Wildman–Crippen LogP) is 2.88. The minimum Gasteiger partial charge on any atom is -0.475 e. The molecule has 1 saturated carbocycles. The van der Waals surface area contributed by atoms with E-state index in [2.05, 4.69) is 9.97 Å². The number of hydrogen-bond acceptors (Lipinski definition) is 3. The highest BCUT2D eigenvalue weighted by molar-refractivity contribution is 6.40. The molecule has 0 aliphatic heterocycles. The van der Waals surface area contributed by atoms with Crippen LogP contribution in [0.1, 0.15) is 54.2 Å². The van der Waals surface area contributed by atoms with Crippen LogP contribution in [0.5, 0.6) is 0 Å². The van der Waals surface area contributed by atoms with E-state index in [-0.39, 0.29) is 5.56 Å². The molecular formula is C15H16N2O3. The van der Waals surface area contributed by atoms with E-state index in [9.17, 15) is 9.59 Å². The van der Waals surface area contributed by atoms with Crippen molar-refractivity contribution in [3.8, 4) is 0 Å². The SMILES string of the molecule is O=C(O)C(=O)c1ccc2nc(C3CCCCC3)[nH]c2c1. The molecule has 0 radical (unpaired) electrons. The molecule has 1 aromatic heterocycles. The van der Waals surface area contributed by atoms with Gasteiger partial charge in [-0.1, -0.05) is 19.3 Å². The smallest absolute Gasteiger partial charge is 0.377 e. The number of imidazole rings is 1. The van der Waals surface area contributed by atoms with Crippen molar-refractivity contribution >= 4 is 22.8 Å². The molecule has 0 saturated heterocycles. The van der Waals surface area contributed by atoms with Gasteiger partial charge in [0.05, 0.1) is 11.0 Å². The van der Waals surface area contributed by atoms with Crippen LogP contribution in [-0.4, -0.2) is 26.8 Å². The number of nitrogens with one attached hydrogen (secondary N) is 1. The Kier molecular flexibility index (Phi) is 3.26. The van der Waals surface area contributed by atoms with E-state index < -0.39 is 11.8 Å². The van der Waals surface area contributed by atoms with E-state index >= 15 is 0 Å². The molecule has 5 heteroatoms. The van der Waals surface area contributed by atoms with Gasteiger partial charge in [0.1, 0.15) is 5.82 Å². The van der Waals surface area contributed by atoms with Gasteiger partial charge in [0.25, 0.3) is 5.78 Å². The molecule has 5 nitrogen and oxygen atoms in total. The summed E-state index contributed by atoms with van der Waals surface area (Å²) < 4.78 is 0. The summed E-state index contributed by atoms with van der Waals surface area (Å²) in [6.07, 6.45) is 6.02. The van der Waals surface area contributed by atoms with Crippen LogP contribution in [0.4, 0.5) is 0 Å². The maximum atomic E-state index is 11.5. The van der Waals surface area contributed by atoms with Gasteiger partial charge in [-0.25, -0.2) is 9.78 Å². The fourth-order valence-electron chi connectivity index (χ4n) is 2.86. The van der Waals surface area contributed by atoms with E-state index in [0.29, 0.717) is 5.92 Å². The Morgan fingerprint density at radius 1 is 1.20 bits per heavy atom. The number of ketones is 1. The second kappa shape index (κ2) is 5.07. The van der Waals surface area contributed by atoms with E-state index in [1.165, 1.54) is 25.3 Å². The maximum Gasteiger partial charge on any atom is 0.377 e. The highest BCUT2D eigenvalue weighted by atomic mass is 16.4. The lowest BCUT2D eigenvalue weighted by atomic mass is 9.89. The molecule has 0 spiro atoms. The summed E-state index contributed by atoms with van der Waals surface area (Å²) in [5.41, 5.74) is 1.70. The van der Waals surface area contributed by atoms with Crippen LogP contribution >= 0.6 is 0 Å². The lowest BCUT2D eigenvalue weighted by Gasteiger charge is -2.18. The van der Waals surface area contributed by atoms with Crippen molar-refractivity contribution in [3.63, 3.8) is 0 Å². The number of rotatable bonds is 3. The van der Waals surface area contributed by atoms with Crippen LogP contribution in [0.3, 0.4) is 0 Å². The molecule has 1 aliphatic rings. The second-order valence-electron chi connectivity index (χ2n) is 5.32. The number of carbonyl (C=O) groups excluding carboxylic acids is 1. The third-order valence-corrected chi connectivity index (χ3v) is 3.95. The summed E-state index contributed by atoms with van der Waals surface area (Å²) in [7, 11) is 0. The topological polar surface area (TPSA) is 83.0 Å². The van der Waals surface area contributed by atoms with Gasteiger partial charge >= 0.3 is 5.97 Å². The first-order chi connectivity index (χ1) is 9.65. The van der Waals surface area contributed by atoms with Crippen LogP contribution in [0.25, 0.3) is 11.0 Å². The molecule has 1 fully saturated rings. The molecule has 3 rings (SSSR count). The average Bonchev–Trinajstić information content (AvgIpc) is 2.90. The third kappa shape index (κ3) is 2.31. The van der Waals surface area contributed by atoms with Gasteiger partial charge in [-0.15, -0.1) is 0 Å². The van der Waals surface area contributed by atoms with Gasteiger partial charge in [-0.3, -0.25) is 4.79 Å². The summed E-state index contributed by atoms with van der Waals surface area (Å²) in [4.78, 5) is 30.0. The zero-order chi connectivity index (χ0) is 14.1. The zero-order valence-electron chi connectivity index (χ0n) is 11.1. The van der Waals surface area contributed by atoms with Gasteiger partial charge in [0.2, 0.25) is 0 Å². The molecule has 1 aliphatic carbocycles. The Morgan fingerprint density at radius 2 is 1.95 bits per heavy atom. The molecule has 2 aromatic rings. The molecular weight excluding hydrogens is 256 g/mol. The number of benzene rings is 1. The van der Waals surface area contributed by atoms with E-state index in [4.69, 9.17) is 5.11 Å². The van der Waals surface area contributed by atoms with Gasteiger partial charge < -0.3 is 10.1 Å². The Labute approximate surface area is 116 Å². The number of carboxylic acid groups (broad SMARTS) is 1. The van der Waals surface area contributed by atoms with Crippen molar-refractivity contribution in [1.82, 2.24) is 9.97 Å². The van der Waals surface area contributed by atoms with Crippen molar-refractivity contribution < 1.29 is 14.7 Å². The van der Waals surface area contributed by atoms with Crippen LogP contribution < -0.4 is 0 Å². The number of hydrogen-bond donors (Lipinski definition) is 2. The van der Waals surface area contributed by atoms with Crippen molar-refractivity contribution in [1.29, 1.82) is 0 Å². The van der Waals surface area contributed by atoms with Crippen molar-refractivity contribution in [2.45, 2.75) is 38.0 Å².